The van der Waals surface area contributed by atoms with Crippen molar-refractivity contribution in [3.63, 3.8) is 0 Å². The molecule has 0 fully saturated rings. The van der Waals surface area contributed by atoms with E-state index in [0.717, 1.165) is 33.2 Å². The Bertz CT molecular complexity index is 918. The summed E-state index contributed by atoms with van der Waals surface area (Å²) in [6.45, 7) is 2.04. The first-order valence-corrected chi connectivity index (χ1v) is 8.13. The van der Waals surface area contributed by atoms with Crippen LogP contribution in [0.2, 0.25) is 0 Å². The van der Waals surface area contributed by atoms with Gasteiger partial charge in [-0.05, 0) is 47.5 Å². The normalized spacial score (nSPS) is 10.5. The molecule has 0 aliphatic rings. The number of fused-ring (bicyclic) bond motifs is 1. The van der Waals surface area contributed by atoms with Crippen LogP contribution in [0.5, 0.6) is 11.5 Å². The number of likely N-dealkylation sites (N-methyl/N-ethyl adjacent to an activating group) is 1. The molecule has 4 nitrogen and oxygen atoms in total. The van der Waals surface area contributed by atoms with E-state index in [-0.39, 0.29) is 12.5 Å². The number of amides is 1. The lowest BCUT2D eigenvalue weighted by Gasteiger charge is -2.15. The minimum Gasteiger partial charge on any atom is -0.496 e. The molecule has 0 saturated heterocycles. The van der Waals surface area contributed by atoms with Gasteiger partial charge in [0, 0.05) is 12.6 Å². The number of ether oxygens (including phenoxy) is 2. The molecule has 0 saturated carbocycles. The minimum atomic E-state index is -0.164. The molecule has 0 radical (unpaired) electrons. The number of carbonyl (C=O) groups is 1. The van der Waals surface area contributed by atoms with Crippen molar-refractivity contribution in [3.8, 4) is 22.6 Å². The summed E-state index contributed by atoms with van der Waals surface area (Å²) in [5.74, 6) is 1.29. The van der Waals surface area contributed by atoms with Gasteiger partial charge >= 0.3 is 0 Å². The average Bonchev–Trinajstić information content (AvgIpc) is 2.65. The van der Waals surface area contributed by atoms with Crippen molar-refractivity contribution in [2.45, 2.75) is 6.92 Å². The maximum atomic E-state index is 11.5. The van der Waals surface area contributed by atoms with Gasteiger partial charge in [0.25, 0.3) is 5.91 Å². The van der Waals surface area contributed by atoms with Crippen LogP contribution in [-0.4, -0.2) is 26.7 Å². The van der Waals surface area contributed by atoms with E-state index in [1.807, 2.05) is 42.5 Å². The van der Waals surface area contributed by atoms with Gasteiger partial charge in [0.15, 0.2) is 6.61 Å². The summed E-state index contributed by atoms with van der Waals surface area (Å²) < 4.78 is 11.2. The molecule has 0 aliphatic carbocycles. The quantitative estimate of drug-likeness (QED) is 0.768. The van der Waals surface area contributed by atoms with Gasteiger partial charge in [0.05, 0.1) is 7.11 Å². The van der Waals surface area contributed by atoms with Gasteiger partial charge in [-0.1, -0.05) is 35.9 Å². The molecular formula is C21H21NO3. The van der Waals surface area contributed by atoms with Gasteiger partial charge in [-0.25, -0.2) is 0 Å². The SMILES string of the molecule is CNC(=O)COc1cc(-c2cc(C)ccc2OC)c2ccccc2c1. The molecule has 25 heavy (non-hydrogen) atoms. The molecule has 0 aromatic heterocycles. The Morgan fingerprint density at radius 2 is 1.84 bits per heavy atom. The lowest BCUT2D eigenvalue weighted by atomic mass is 9.96. The molecule has 0 bridgehead atoms. The zero-order valence-electron chi connectivity index (χ0n) is 14.6. The zero-order chi connectivity index (χ0) is 17.8. The van der Waals surface area contributed by atoms with Crippen LogP contribution >= 0.6 is 0 Å². The van der Waals surface area contributed by atoms with E-state index in [1.54, 1.807) is 14.2 Å². The van der Waals surface area contributed by atoms with Crippen molar-refractivity contribution in [1.82, 2.24) is 5.32 Å². The fourth-order valence-corrected chi connectivity index (χ4v) is 2.84. The summed E-state index contributed by atoms with van der Waals surface area (Å²) in [5.41, 5.74) is 3.17. The van der Waals surface area contributed by atoms with Crippen molar-refractivity contribution in [3.05, 3.63) is 60.2 Å². The smallest absolute Gasteiger partial charge is 0.257 e. The highest BCUT2D eigenvalue weighted by Gasteiger charge is 2.12. The fraction of sp³-hybridized carbons (Fsp3) is 0.190. The number of hydrogen-bond acceptors (Lipinski definition) is 3. The van der Waals surface area contributed by atoms with E-state index < -0.39 is 0 Å². The highest BCUT2D eigenvalue weighted by molar-refractivity contribution is 5.99. The minimum absolute atomic E-state index is 0.0147. The fourth-order valence-electron chi connectivity index (χ4n) is 2.84. The van der Waals surface area contributed by atoms with E-state index >= 15 is 0 Å². The zero-order valence-corrected chi connectivity index (χ0v) is 14.6. The van der Waals surface area contributed by atoms with Gasteiger partial charge in [-0.2, -0.15) is 0 Å². The van der Waals surface area contributed by atoms with Crippen LogP contribution in [0, 0.1) is 6.92 Å². The Morgan fingerprint density at radius 3 is 2.60 bits per heavy atom. The molecule has 3 rings (SSSR count). The number of methoxy groups -OCH3 is 1. The van der Waals surface area contributed by atoms with Crippen LogP contribution in [0.3, 0.4) is 0 Å². The van der Waals surface area contributed by atoms with E-state index in [9.17, 15) is 4.79 Å². The largest absolute Gasteiger partial charge is 0.496 e. The Labute approximate surface area is 147 Å². The van der Waals surface area contributed by atoms with E-state index in [0.29, 0.717) is 5.75 Å². The van der Waals surface area contributed by atoms with Crippen LogP contribution in [0.15, 0.2) is 54.6 Å². The molecule has 0 heterocycles. The molecule has 0 unspecified atom stereocenters. The molecule has 1 amide bonds. The van der Waals surface area contributed by atoms with Gasteiger partial charge in [0.1, 0.15) is 11.5 Å². The van der Waals surface area contributed by atoms with Gasteiger partial charge in [0.2, 0.25) is 0 Å². The van der Waals surface area contributed by atoms with Crippen molar-refractivity contribution in [1.29, 1.82) is 0 Å². The lowest BCUT2D eigenvalue weighted by molar-refractivity contribution is -0.122. The number of nitrogens with one attached hydrogen (secondary N) is 1. The second-order valence-corrected chi connectivity index (χ2v) is 5.86. The third-order valence-corrected chi connectivity index (χ3v) is 4.13. The summed E-state index contributed by atoms with van der Waals surface area (Å²) in [6, 6.07) is 18.1. The maximum absolute atomic E-state index is 11.5. The molecule has 3 aromatic rings. The third-order valence-electron chi connectivity index (χ3n) is 4.13. The number of carbonyl (C=O) groups excluding carboxylic acids is 1. The van der Waals surface area contributed by atoms with Crippen molar-refractivity contribution < 1.29 is 14.3 Å². The summed E-state index contributed by atoms with van der Waals surface area (Å²) in [7, 11) is 3.26. The molecule has 0 spiro atoms. The molecule has 0 atom stereocenters. The van der Waals surface area contributed by atoms with E-state index in [1.165, 1.54) is 0 Å². The molecule has 128 valence electrons. The summed E-state index contributed by atoms with van der Waals surface area (Å²) >= 11 is 0. The lowest BCUT2D eigenvalue weighted by Crippen LogP contribution is -2.24. The molecule has 0 aliphatic heterocycles. The average molecular weight is 335 g/mol. The maximum Gasteiger partial charge on any atom is 0.257 e. The standard InChI is InChI=1S/C21H21NO3/c1-14-8-9-20(24-3)19(10-14)18-12-16(25-13-21(23)22-2)11-15-6-4-5-7-17(15)18/h4-12H,13H2,1-3H3,(H,22,23). The monoisotopic (exact) mass is 335 g/mol. The van der Waals surface area contributed by atoms with Gasteiger partial charge < -0.3 is 14.8 Å². The van der Waals surface area contributed by atoms with E-state index in [4.69, 9.17) is 9.47 Å². The number of rotatable bonds is 5. The molecular weight excluding hydrogens is 314 g/mol. The van der Waals surface area contributed by atoms with Crippen molar-refractivity contribution in [2.75, 3.05) is 20.8 Å². The predicted octanol–water partition coefficient (Wildman–Crippen LogP) is 3.95. The second kappa shape index (κ2) is 7.26. The first-order valence-electron chi connectivity index (χ1n) is 8.13. The number of hydrogen-bond donors (Lipinski definition) is 1. The first kappa shape index (κ1) is 16.8. The van der Waals surface area contributed by atoms with Crippen LogP contribution in [0.25, 0.3) is 21.9 Å². The molecule has 1 N–H and O–H groups in total. The summed E-state index contributed by atoms with van der Waals surface area (Å²) in [4.78, 5) is 11.5. The first-order chi connectivity index (χ1) is 12.1. The van der Waals surface area contributed by atoms with Crippen molar-refractivity contribution in [2.24, 2.45) is 0 Å². The number of benzene rings is 3. The third kappa shape index (κ3) is 3.58. The molecule has 3 aromatic carbocycles. The van der Waals surface area contributed by atoms with Crippen LogP contribution in [0.1, 0.15) is 5.56 Å². The highest BCUT2D eigenvalue weighted by Crippen LogP contribution is 2.38. The predicted molar refractivity (Wildman–Crippen MR) is 100 cm³/mol. The number of aryl methyl sites for hydroxylation is 1. The van der Waals surface area contributed by atoms with Crippen LogP contribution < -0.4 is 14.8 Å². The van der Waals surface area contributed by atoms with E-state index in [2.05, 4.69) is 24.4 Å². The second-order valence-electron chi connectivity index (χ2n) is 5.86. The van der Waals surface area contributed by atoms with Gasteiger partial charge in [-0.15, -0.1) is 0 Å². The van der Waals surface area contributed by atoms with Crippen molar-refractivity contribution >= 4 is 16.7 Å². The Morgan fingerprint density at radius 1 is 1.04 bits per heavy atom. The topological polar surface area (TPSA) is 47.6 Å². The van der Waals surface area contributed by atoms with Crippen LogP contribution in [-0.2, 0) is 4.79 Å². The Balaban J connectivity index is 2.16. The Kier molecular flexibility index (Phi) is 4.89. The van der Waals surface area contributed by atoms with Gasteiger partial charge in [-0.3, -0.25) is 4.79 Å². The highest BCUT2D eigenvalue weighted by atomic mass is 16.5. The molecule has 4 heteroatoms. The van der Waals surface area contributed by atoms with Crippen LogP contribution in [0.4, 0.5) is 0 Å². The summed E-state index contributed by atoms with van der Waals surface area (Å²) in [5, 5.41) is 4.72. The Hall–Kier alpha value is -3.01. The summed E-state index contributed by atoms with van der Waals surface area (Å²) in [6.07, 6.45) is 0.